The minimum absolute atomic E-state index is 0.656. The largest absolute Gasteiger partial charge is 0.339 e. The molecule has 0 spiro atoms. The van der Waals surface area contributed by atoms with Gasteiger partial charge in [0, 0.05) is 0 Å². The fraction of sp³-hybridized carbons (Fsp3) is 0.200. The van der Waals surface area contributed by atoms with E-state index in [1.807, 2.05) is 0 Å². The van der Waals surface area contributed by atoms with Gasteiger partial charge in [-0.25, -0.2) is 0 Å². The Morgan fingerprint density at radius 2 is 2.00 bits per heavy atom. The highest BCUT2D eigenvalue weighted by atomic mass is 16.5. The van der Waals surface area contributed by atoms with Crippen molar-refractivity contribution < 1.29 is 4.52 Å². The topological polar surface area (TPSA) is 38.9 Å². The van der Waals surface area contributed by atoms with Crippen LogP contribution in [0.2, 0.25) is 0 Å². The molecule has 1 aromatic carbocycles. The summed E-state index contributed by atoms with van der Waals surface area (Å²) in [6.07, 6.45) is 2.13. The maximum atomic E-state index is 4.91. The molecule has 0 aliphatic carbocycles. The van der Waals surface area contributed by atoms with E-state index >= 15 is 0 Å². The summed E-state index contributed by atoms with van der Waals surface area (Å²) in [4.78, 5) is 3.96. The first kappa shape index (κ1) is 7.98. The fourth-order valence-corrected chi connectivity index (χ4v) is 1.15. The van der Waals surface area contributed by atoms with Crippen molar-refractivity contribution in [1.82, 2.24) is 10.1 Å². The van der Waals surface area contributed by atoms with Crippen LogP contribution in [0, 0.1) is 6.92 Å². The van der Waals surface area contributed by atoms with E-state index in [1.165, 1.54) is 17.5 Å². The van der Waals surface area contributed by atoms with Crippen molar-refractivity contribution in [3.8, 4) is 0 Å². The molecule has 2 rings (SSSR count). The highest BCUT2D eigenvalue weighted by Crippen LogP contribution is 2.07. The molecule has 2 aromatic rings. The third-order valence-corrected chi connectivity index (χ3v) is 1.88. The summed E-state index contributed by atoms with van der Waals surface area (Å²) in [7, 11) is 0. The quantitative estimate of drug-likeness (QED) is 0.698. The Morgan fingerprint density at radius 1 is 1.23 bits per heavy atom. The van der Waals surface area contributed by atoms with Crippen LogP contribution < -0.4 is 0 Å². The van der Waals surface area contributed by atoms with Gasteiger partial charge in [0.15, 0.2) is 6.33 Å². The van der Waals surface area contributed by atoms with Gasteiger partial charge in [0.25, 0.3) is 0 Å². The van der Waals surface area contributed by atoms with Gasteiger partial charge in [-0.3, -0.25) is 0 Å². The predicted octanol–water partition coefficient (Wildman–Crippen LogP) is 1.97. The molecule has 0 N–H and O–H groups in total. The van der Waals surface area contributed by atoms with Gasteiger partial charge in [0.2, 0.25) is 5.89 Å². The Bertz CT molecular complexity index is 364. The van der Waals surface area contributed by atoms with Crippen molar-refractivity contribution in [1.29, 1.82) is 0 Å². The maximum Gasteiger partial charge on any atom is 0.230 e. The zero-order valence-electron chi connectivity index (χ0n) is 7.40. The van der Waals surface area contributed by atoms with Gasteiger partial charge >= 0.3 is 0 Å². The molecule has 0 unspecified atom stereocenters. The summed E-state index contributed by atoms with van der Waals surface area (Å²) in [5.74, 6) is 0.656. The van der Waals surface area contributed by atoms with E-state index in [9.17, 15) is 0 Å². The van der Waals surface area contributed by atoms with E-state index in [-0.39, 0.29) is 0 Å². The first-order valence-electron chi connectivity index (χ1n) is 4.16. The second-order valence-electron chi connectivity index (χ2n) is 3.00. The third-order valence-electron chi connectivity index (χ3n) is 1.88. The van der Waals surface area contributed by atoms with Gasteiger partial charge in [-0.2, -0.15) is 4.98 Å². The molecule has 3 heteroatoms. The van der Waals surface area contributed by atoms with Crippen LogP contribution in [0.25, 0.3) is 0 Å². The van der Waals surface area contributed by atoms with Gasteiger partial charge in [-0.1, -0.05) is 35.0 Å². The SMILES string of the molecule is Cc1ccc(Cc2ncno2)cc1. The molecule has 0 radical (unpaired) electrons. The van der Waals surface area contributed by atoms with Crippen molar-refractivity contribution in [2.75, 3.05) is 0 Å². The van der Waals surface area contributed by atoms with Gasteiger partial charge in [0.05, 0.1) is 6.42 Å². The Morgan fingerprint density at radius 3 is 2.62 bits per heavy atom. The van der Waals surface area contributed by atoms with Crippen molar-refractivity contribution in [3.63, 3.8) is 0 Å². The molecule has 0 saturated carbocycles. The molecule has 1 heterocycles. The predicted molar refractivity (Wildman–Crippen MR) is 48.3 cm³/mol. The first-order chi connectivity index (χ1) is 6.34. The Balaban J connectivity index is 2.15. The number of hydrogen-bond acceptors (Lipinski definition) is 3. The zero-order valence-corrected chi connectivity index (χ0v) is 7.40. The second kappa shape index (κ2) is 3.39. The minimum atomic E-state index is 0.656. The van der Waals surface area contributed by atoms with Crippen LogP contribution >= 0.6 is 0 Å². The number of nitrogens with zero attached hydrogens (tertiary/aromatic N) is 2. The molecule has 0 saturated heterocycles. The monoisotopic (exact) mass is 174 g/mol. The summed E-state index contributed by atoms with van der Waals surface area (Å²) >= 11 is 0. The summed E-state index contributed by atoms with van der Waals surface area (Å²) in [6.45, 7) is 2.07. The normalized spacial score (nSPS) is 10.2. The van der Waals surface area contributed by atoms with Crippen LogP contribution in [0.15, 0.2) is 35.1 Å². The van der Waals surface area contributed by atoms with Gasteiger partial charge < -0.3 is 4.52 Å². The smallest absolute Gasteiger partial charge is 0.230 e. The van der Waals surface area contributed by atoms with Crippen molar-refractivity contribution in [3.05, 3.63) is 47.6 Å². The molecular weight excluding hydrogens is 164 g/mol. The second-order valence-corrected chi connectivity index (χ2v) is 3.00. The lowest BCUT2D eigenvalue weighted by Gasteiger charge is -1.96. The van der Waals surface area contributed by atoms with E-state index in [0.717, 1.165) is 0 Å². The molecule has 0 fully saturated rings. The first-order valence-corrected chi connectivity index (χ1v) is 4.16. The standard InChI is InChI=1S/C10H10N2O/c1-8-2-4-9(5-3-8)6-10-11-7-12-13-10/h2-5,7H,6H2,1H3. The lowest BCUT2D eigenvalue weighted by Crippen LogP contribution is -1.87. The number of benzene rings is 1. The van der Waals surface area contributed by atoms with E-state index in [4.69, 9.17) is 4.52 Å². The Kier molecular flexibility index (Phi) is 2.08. The summed E-state index contributed by atoms with van der Waals surface area (Å²) in [5, 5.41) is 3.55. The number of aromatic nitrogens is 2. The third kappa shape index (κ3) is 1.93. The lowest BCUT2D eigenvalue weighted by atomic mass is 10.1. The van der Waals surface area contributed by atoms with Crippen LogP contribution in [0.4, 0.5) is 0 Å². The Labute approximate surface area is 76.4 Å². The molecule has 0 aliphatic heterocycles. The van der Waals surface area contributed by atoms with E-state index in [1.54, 1.807) is 0 Å². The maximum absolute atomic E-state index is 4.91. The molecule has 0 aliphatic rings. The number of aryl methyl sites for hydroxylation is 1. The van der Waals surface area contributed by atoms with Crippen LogP contribution in [0.3, 0.4) is 0 Å². The average Bonchev–Trinajstić information content (AvgIpc) is 2.62. The summed E-state index contributed by atoms with van der Waals surface area (Å²) in [6, 6.07) is 8.29. The highest BCUT2D eigenvalue weighted by molar-refractivity contribution is 5.23. The summed E-state index contributed by atoms with van der Waals surface area (Å²) in [5.41, 5.74) is 2.45. The van der Waals surface area contributed by atoms with Gasteiger partial charge in [0.1, 0.15) is 0 Å². The molecule has 1 aromatic heterocycles. The lowest BCUT2D eigenvalue weighted by molar-refractivity contribution is 0.384. The average molecular weight is 174 g/mol. The number of rotatable bonds is 2. The van der Waals surface area contributed by atoms with Gasteiger partial charge in [-0.05, 0) is 12.5 Å². The molecule has 0 amide bonds. The summed E-state index contributed by atoms with van der Waals surface area (Å²) < 4.78 is 4.91. The van der Waals surface area contributed by atoms with E-state index in [2.05, 4.69) is 41.3 Å². The van der Waals surface area contributed by atoms with Crippen molar-refractivity contribution >= 4 is 0 Å². The molecule has 3 nitrogen and oxygen atoms in total. The molecule has 0 bridgehead atoms. The van der Waals surface area contributed by atoms with Gasteiger partial charge in [-0.15, -0.1) is 0 Å². The van der Waals surface area contributed by atoms with Crippen LogP contribution in [0.1, 0.15) is 17.0 Å². The van der Waals surface area contributed by atoms with Crippen molar-refractivity contribution in [2.24, 2.45) is 0 Å². The number of hydrogen-bond donors (Lipinski definition) is 0. The zero-order chi connectivity index (χ0) is 9.10. The van der Waals surface area contributed by atoms with Crippen LogP contribution in [-0.4, -0.2) is 10.1 Å². The van der Waals surface area contributed by atoms with E-state index in [0.29, 0.717) is 12.3 Å². The molecular formula is C10H10N2O. The van der Waals surface area contributed by atoms with Crippen LogP contribution in [0.5, 0.6) is 0 Å². The highest BCUT2D eigenvalue weighted by Gasteiger charge is 2.00. The molecule has 66 valence electrons. The molecule has 0 atom stereocenters. The molecule has 13 heavy (non-hydrogen) atoms. The van der Waals surface area contributed by atoms with E-state index < -0.39 is 0 Å². The minimum Gasteiger partial charge on any atom is -0.339 e. The van der Waals surface area contributed by atoms with Crippen molar-refractivity contribution in [2.45, 2.75) is 13.3 Å². The Hall–Kier alpha value is -1.64. The fourth-order valence-electron chi connectivity index (χ4n) is 1.15. The van der Waals surface area contributed by atoms with Crippen LogP contribution in [-0.2, 0) is 6.42 Å².